The van der Waals surface area contributed by atoms with Crippen molar-refractivity contribution >= 4 is 29.2 Å². The van der Waals surface area contributed by atoms with Crippen molar-refractivity contribution in [3.05, 3.63) is 89.0 Å². The van der Waals surface area contributed by atoms with Crippen molar-refractivity contribution in [3.63, 3.8) is 0 Å². The van der Waals surface area contributed by atoms with Gasteiger partial charge in [-0.25, -0.2) is 0 Å². The third-order valence-electron chi connectivity index (χ3n) is 6.51. The number of carbonyl (C=O) groups is 1. The van der Waals surface area contributed by atoms with Gasteiger partial charge in [-0.3, -0.25) is 10.2 Å². The van der Waals surface area contributed by atoms with Gasteiger partial charge in [0.2, 0.25) is 0 Å². The number of carbonyl (C=O) groups excluding carboxylic acids is 1. The van der Waals surface area contributed by atoms with Crippen molar-refractivity contribution < 1.29 is 14.3 Å². The molecule has 36 heavy (non-hydrogen) atoms. The molecule has 2 aliphatic heterocycles. The van der Waals surface area contributed by atoms with Crippen LogP contribution in [0.15, 0.2) is 72.3 Å². The molecule has 1 amide bonds. The highest BCUT2D eigenvalue weighted by Crippen LogP contribution is 2.31. The van der Waals surface area contributed by atoms with Crippen LogP contribution in [0.4, 0.5) is 5.69 Å². The zero-order valence-corrected chi connectivity index (χ0v) is 20.3. The Kier molecular flexibility index (Phi) is 6.99. The van der Waals surface area contributed by atoms with Crippen molar-refractivity contribution in [2.75, 3.05) is 38.2 Å². The molecule has 0 radical (unpaired) electrons. The quantitative estimate of drug-likeness (QED) is 0.482. The van der Waals surface area contributed by atoms with E-state index in [2.05, 4.69) is 59.4 Å². The minimum absolute atomic E-state index is 0.143. The van der Waals surface area contributed by atoms with Crippen LogP contribution in [0.2, 0.25) is 0 Å². The molecule has 2 heterocycles. The third-order valence-corrected chi connectivity index (χ3v) is 6.51. The van der Waals surface area contributed by atoms with E-state index < -0.39 is 0 Å². The predicted molar refractivity (Wildman–Crippen MR) is 143 cm³/mol. The van der Waals surface area contributed by atoms with Crippen LogP contribution < -0.4 is 10.1 Å². The molecule has 6 heteroatoms. The Balaban J connectivity index is 1.32. The lowest BCUT2D eigenvalue weighted by atomic mass is 10.00. The molecule has 1 fully saturated rings. The maximum absolute atomic E-state index is 13.1. The van der Waals surface area contributed by atoms with Gasteiger partial charge in [0, 0.05) is 47.8 Å². The Morgan fingerprint density at radius 3 is 2.39 bits per heavy atom. The Labute approximate surface area is 211 Å². The molecule has 2 aliphatic rings. The Morgan fingerprint density at radius 1 is 0.944 bits per heavy atom. The van der Waals surface area contributed by atoms with E-state index in [1.807, 2.05) is 36.4 Å². The van der Waals surface area contributed by atoms with E-state index in [1.165, 1.54) is 5.56 Å². The van der Waals surface area contributed by atoms with Crippen LogP contribution in [-0.4, -0.2) is 49.6 Å². The molecular formula is C30H29N3O3. The second-order valence-corrected chi connectivity index (χ2v) is 8.99. The SMILES string of the molecule is Cc1ccc(-c2ccc3c(c2)C=C(C(=O)Nc2ccc(C(=C=N)N4CCOCC4)cc2)CCO3)cc1. The van der Waals surface area contributed by atoms with Gasteiger partial charge in [-0.1, -0.05) is 48.0 Å². The summed E-state index contributed by atoms with van der Waals surface area (Å²) in [4.78, 5) is 15.2. The number of fused-ring (bicyclic) bond motifs is 1. The number of rotatable bonds is 5. The monoisotopic (exact) mass is 479 g/mol. The zero-order valence-electron chi connectivity index (χ0n) is 20.3. The second-order valence-electron chi connectivity index (χ2n) is 8.99. The first-order valence-electron chi connectivity index (χ1n) is 12.2. The molecule has 0 bridgehead atoms. The summed E-state index contributed by atoms with van der Waals surface area (Å²) >= 11 is 0. The van der Waals surface area contributed by atoms with Crippen LogP contribution >= 0.6 is 0 Å². The maximum Gasteiger partial charge on any atom is 0.251 e. The average molecular weight is 480 g/mol. The molecule has 0 aliphatic carbocycles. The number of nitrogens with one attached hydrogen (secondary N) is 2. The standard InChI is InChI=1S/C30H29N3O3/c1-21-2-4-22(5-3-21)24-8-11-29-26(18-24)19-25(12-15-36-29)30(34)32-27-9-6-23(7-10-27)28(20-31)33-13-16-35-17-14-33/h2-11,18-19,31H,12-17H2,1H3,(H,32,34). The number of morpholine rings is 1. The van der Waals surface area contributed by atoms with E-state index in [-0.39, 0.29) is 5.91 Å². The minimum atomic E-state index is -0.143. The topological polar surface area (TPSA) is 74.7 Å². The van der Waals surface area contributed by atoms with Crippen molar-refractivity contribution in [3.8, 4) is 16.9 Å². The lowest BCUT2D eigenvalue weighted by Gasteiger charge is -2.29. The van der Waals surface area contributed by atoms with Crippen LogP contribution in [0, 0.1) is 12.3 Å². The number of benzene rings is 3. The molecule has 0 saturated carbocycles. The average Bonchev–Trinajstić information content (AvgIpc) is 3.13. The smallest absolute Gasteiger partial charge is 0.251 e. The van der Waals surface area contributed by atoms with Crippen LogP contribution in [-0.2, 0) is 9.53 Å². The summed E-state index contributed by atoms with van der Waals surface area (Å²) in [5, 5.41) is 10.7. The maximum atomic E-state index is 13.1. The fourth-order valence-corrected chi connectivity index (χ4v) is 4.47. The number of aryl methyl sites for hydroxylation is 1. The molecule has 0 unspecified atom stereocenters. The van der Waals surface area contributed by atoms with Gasteiger partial charge in [-0.15, -0.1) is 0 Å². The summed E-state index contributed by atoms with van der Waals surface area (Å²) < 4.78 is 11.3. The predicted octanol–water partition coefficient (Wildman–Crippen LogP) is 5.39. The number of anilines is 1. The fraction of sp³-hybridized carbons (Fsp3) is 0.233. The summed E-state index contributed by atoms with van der Waals surface area (Å²) in [6.07, 6.45) is 2.45. The highest BCUT2D eigenvalue weighted by Gasteiger charge is 2.18. The number of nitrogens with zero attached hydrogens (tertiary/aromatic N) is 1. The first-order chi connectivity index (χ1) is 17.6. The molecule has 0 atom stereocenters. The van der Waals surface area contributed by atoms with Gasteiger partial charge >= 0.3 is 0 Å². The van der Waals surface area contributed by atoms with Crippen LogP contribution in [0.3, 0.4) is 0 Å². The van der Waals surface area contributed by atoms with Crippen molar-refractivity contribution in [1.29, 1.82) is 5.41 Å². The van der Waals surface area contributed by atoms with Crippen LogP contribution in [0.1, 0.15) is 23.1 Å². The molecule has 3 aromatic rings. The first-order valence-corrected chi connectivity index (χ1v) is 12.2. The summed E-state index contributed by atoms with van der Waals surface area (Å²) in [5.74, 6) is 3.20. The lowest BCUT2D eigenvalue weighted by Crippen LogP contribution is -2.35. The Bertz CT molecular complexity index is 1330. The molecule has 5 rings (SSSR count). The van der Waals surface area contributed by atoms with Gasteiger partial charge in [0.25, 0.3) is 5.91 Å². The zero-order chi connectivity index (χ0) is 24.9. The highest BCUT2D eigenvalue weighted by atomic mass is 16.5. The van der Waals surface area contributed by atoms with E-state index in [4.69, 9.17) is 14.9 Å². The second kappa shape index (κ2) is 10.6. The van der Waals surface area contributed by atoms with Crippen LogP contribution in [0.5, 0.6) is 5.75 Å². The van der Waals surface area contributed by atoms with E-state index in [1.54, 1.807) is 0 Å². The molecule has 6 nitrogen and oxygen atoms in total. The number of amides is 1. The van der Waals surface area contributed by atoms with Gasteiger partial charge in [0.15, 0.2) is 0 Å². The number of hydrogen-bond acceptors (Lipinski definition) is 5. The van der Waals surface area contributed by atoms with Gasteiger partial charge in [-0.05, 0) is 48.4 Å². The van der Waals surface area contributed by atoms with E-state index in [9.17, 15) is 4.79 Å². The molecule has 0 aromatic heterocycles. The van der Waals surface area contributed by atoms with E-state index in [0.717, 1.165) is 46.8 Å². The summed E-state index contributed by atoms with van der Waals surface area (Å²) in [5.41, 5.74) is 7.34. The normalized spacial score (nSPS) is 15.0. The fourth-order valence-electron chi connectivity index (χ4n) is 4.47. The molecule has 182 valence electrons. The molecular weight excluding hydrogens is 450 g/mol. The Hall–Kier alpha value is -4.12. The highest BCUT2D eigenvalue weighted by molar-refractivity contribution is 6.07. The van der Waals surface area contributed by atoms with Crippen molar-refractivity contribution in [1.82, 2.24) is 4.90 Å². The molecule has 1 saturated heterocycles. The minimum Gasteiger partial charge on any atom is -0.493 e. The number of hydrogen-bond donors (Lipinski definition) is 2. The first kappa shape index (κ1) is 23.6. The third kappa shape index (κ3) is 5.25. The lowest BCUT2D eigenvalue weighted by molar-refractivity contribution is -0.113. The Morgan fingerprint density at radius 2 is 1.67 bits per heavy atom. The largest absolute Gasteiger partial charge is 0.493 e. The van der Waals surface area contributed by atoms with Gasteiger partial charge in [-0.2, -0.15) is 0 Å². The van der Waals surface area contributed by atoms with Crippen LogP contribution in [0.25, 0.3) is 22.9 Å². The van der Waals surface area contributed by atoms with E-state index >= 15 is 0 Å². The van der Waals surface area contributed by atoms with Gasteiger partial charge in [0.05, 0.1) is 19.8 Å². The van der Waals surface area contributed by atoms with Crippen molar-refractivity contribution in [2.45, 2.75) is 13.3 Å². The van der Waals surface area contributed by atoms with E-state index in [0.29, 0.717) is 37.5 Å². The summed E-state index contributed by atoms with van der Waals surface area (Å²) in [7, 11) is 0. The summed E-state index contributed by atoms with van der Waals surface area (Å²) in [6, 6.07) is 22.1. The molecule has 0 spiro atoms. The van der Waals surface area contributed by atoms with Crippen molar-refractivity contribution in [2.24, 2.45) is 0 Å². The molecule has 2 N–H and O–H groups in total. The van der Waals surface area contributed by atoms with Gasteiger partial charge in [0.1, 0.15) is 11.4 Å². The van der Waals surface area contributed by atoms with Gasteiger partial charge < -0.3 is 19.7 Å². The molecule has 3 aromatic carbocycles. The number of ether oxygens (including phenoxy) is 2. The summed E-state index contributed by atoms with van der Waals surface area (Å²) in [6.45, 7) is 5.29.